The summed E-state index contributed by atoms with van der Waals surface area (Å²) in [6.07, 6.45) is 1.79. The highest BCUT2D eigenvalue weighted by atomic mass is 32.2. The first-order valence-electron chi connectivity index (χ1n) is 9.37. The van der Waals surface area contributed by atoms with Gasteiger partial charge in [0, 0.05) is 5.92 Å². The highest BCUT2D eigenvalue weighted by Crippen LogP contribution is 2.32. The van der Waals surface area contributed by atoms with E-state index in [0.29, 0.717) is 40.5 Å². The standard InChI is InChI=1S/C22H23NO4S2/c1-3-25-19-11-16(12-20-21(24)23-22(28)29-20)9-10-18(19)27-14-15(2)13-26-17-7-5-4-6-8-17/h4-12,15H,3,13-14H2,1-2H3,(H,23,24,28)/b20-12-/t15-/m0/s1. The molecule has 2 aromatic rings. The molecule has 2 aromatic carbocycles. The molecule has 1 aliphatic rings. The summed E-state index contributed by atoms with van der Waals surface area (Å²) in [6, 6.07) is 15.3. The largest absolute Gasteiger partial charge is 0.493 e. The molecular formula is C22H23NO4S2. The molecule has 7 heteroatoms. The van der Waals surface area contributed by atoms with Crippen molar-refractivity contribution in [2.75, 3.05) is 19.8 Å². The molecule has 1 fully saturated rings. The minimum atomic E-state index is -0.175. The van der Waals surface area contributed by atoms with E-state index in [9.17, 15) is 4.79 Å². The Labute approximate surface area is 180 Å². The molecule has 5 nitrogen and oxygen atoms in total. The van der Waals surface area contributed by atoms with Gasteiger partial charge >= 0.3 is 0 Å². The maximum atomic E-state index is 11.9. The average molecular weight is 430 g/mol. The first-order valence-corrected chi connectivity index (χ1v) is 10.6. The van der Waals surface area contributed by atoms with E-state index in [1.807, 2.05) is 55.5 Å². The fourth-order valence-electron chi connectivity index (χ4n) is 2.61. The van der Waals surface area contributed by atoms with E-state index in [2.05, 4.69) is 12.2 Å². The Morgan fingerprint density at radius 1 is 1.07 bits per heavy atom. The van der Waals surface area contributed by atoms with Gasteiger partial charge in [0.05, 0.1) is 24.7 Å². The SMILES string of the molecule is CCOc1cc(/C=C2\SC(=S)NC2=O)ccc1OC[C@@H](C)COc1ccccc1. The predicted octanol–water partition coefficient (Wildman–Crippen LogP) is 4.67. The van der Waals surface area contributed by atoms with Crippen LogP contribution in [0.3, 0.4) is 0 Å². The number of amides is 1. The zero-order chi connectivity index (χ0) is 20.6. The summed E-state index contributed by atoms with van der Waals surface area (Å²) >= 11 is 6.28. The quantitative estimate of drug-likeness (QED) is 0.462. The van der Waals surface area contributed by atoms with Crippen molar-refractivity contribution in [2.24, 2.45) is 5.92 Å². The molecule has 1 saturated heterocycles. The first kappa shape index (κ1) is 21.2. The number of thioether (sulfide) groups is 1. The summed E-state index contributed by atoms with van der Waals surface area (Å²) in [7, 11) is 0. The smallest absolute Gasteiger partial charge is 0.263 e. The number of thiocarbonyl (C=S) groups is 1. The van der Waals surface area contributed by atoms with Crippen LogP contribution in [0.25, 0.3) is 6.08 Å². The molecule has 0 radical (unpaired) electrons. The molecule has 1 atom stereocenters. The Bertz CT molecular complexity index is 899. The molecule has 1 N–H and O–H groups in total. The second-order valence-electron chi connectivity index (χ2n) is 6.53. The minimum Gasteiger partial charge on any atom is -0.493 e. The summed E-state index contributed by atoms with van der Waals surface area (Å²) in [5, 5.41) is 2.61. The van der Waals surface area contributed by atoms with Crippen molar-refractivity contribution in [3.63, 3.8) is 0 Å². The van der Waals surface area contributed by atoms with Gasteiger partial charge in [0.2, 0.25) is 0 Å². The van der Waals surface area contributed by atoms with Crippen molar-refractivity contribution >= 4 is 40.3 Å². The molecule has 0 aromatic heterocycles. The summed E-state index contributed by atoms with van der Waals surface area (Å²) in [5.41, 5.74) is 0.851. The van der Waals surface area contributed by atoms with Gasteiger partial charge in [-0.25, -0.2) is 0 Å². The molecule has 1 heterocycles. The van der Waals surface area contributed by atoms with E-state index < -0.39 is 0 Å². The Morgan fingerprint density at radius 3 is 2.52 bits per heavy atom. The lowest BCUT2D eigenvalue weighted by atomic mass is 10.1. The van der Waals surface area contributed by atoms with E-state index in [1.54, 1.807) is 6.08 Å². The van der Waals surface area contributed by atoms with Gasteiger partial charge in [-0.2, -0.15) is 0 Å². The van der Waals surface area contributed by atoms with Crippen LogP contribution in [-0.2, 0) is 4.79 Å². The maximum absolute atomic E-state index is 11.9. The lowest BCUT2D eigenvalue weighted by Crippen LogP contribution is -2.17. The van der Waals surface area contributed by atoms with Crippen LogP contribution in [0.4, 0.5) is 0 Å². The van der Waals surface area contributed by atoms with E-state index in [0.717, 1.165) is 11.3 Å². The van der Waals surface area contributed by atoms with Crippen molar-refractivity contribution in [3.8, 4) is 17.2 Å². The van der Waals surface area contributed by atoms with Crippen LogP contribution in [0.2, 0.25) is 0 Å². The number of hydrogen-bond acceptors (Lipinski definition) is 6. The topological polar surface area (TPSA) is 56.8 Å². The number of nitrogens with one attached hydrogen (secondary N) is 1. The predicted molar refractivity (Wildman–Crippen MR) is 121 cm³/mol. The number of ether oxygens (including phenoxy) is 3. The summed E-state index contributed by atoms with van der Waals surface area (Å²) in [5.74, 6) is 2.18. The lowest BCUT2D eigenvalue weighted by Gasteiger charge is -2.17. The second kappa shape index (κ2) is 10.3. The molecule has 29 heavy (non-hydrogen) atoms. The van der Waals surface area contributed by atoms with Gasteiger partial charge in [0.1, 0.15) is 10.1 Å². The third kappa shape index (κ3) is 6.24. The van der Waals surface area contributed by atoms with Crippen LogP contribution in [0.15, 0.2) is 53.4 Å². The molecule has 3 rings (SSSR count). The van der Waals surface area contributed by atoms with E-state index >= 15 is 0 Å². The summed E-state index contributed by atoms with van der Waals surface area (Å²) in [6.45, 7) is 5.57. The van der Waals surface area contributed by atoms with Crippen LogP contribution in [0, 0.1) is 5.92 Å². The molecule has 152 valence electrons. The van der Waals surface area contributed by atoms with Crippen LogP contribution >= 0.6 is 24.0 Å². The fraction of sp³-hybridized carbons (Fsp3) is 0.273. The molecule has 0 spiro atoms. The monoisotopic (exact) mass is 429 g/mol. The number of benzene rings is 2. The molecule has 1 amide bonds. The number of rotatable bonds is 9. The van der Waals surface area contributed by atoms with Gasteiger partial charge in [0.25, 0.3) is 5.91 Å². The highest BCUT2D eigenvalue weighted by molar-refractivity contribution is 8.26. The van der Waals surface area contributed by atoms with Crippen LogP contribution < -0.4 is 19.5 Å². The normalized spacial score (nSPS) is 15.9. The third-order valence-electron chi connectivity index (χ3n) is 4.01. The Kier molecular flexibility index (Phi) is 7.55. The van der Waals surface area contributed by atoms with E-state index in [-0.39, 0.29) is 11.8 Å². The highest BCUT2D eigenvalue weighted by Gasteiger charge is 2.22. The van der Waals surface area contributed by atoms with Crippen molar-refractivity contribution in [1.29, 1.82) is 0 Å². The molecule has 0 saturated carbocycles. The first-order chi connectivity index (χ1) is 14.0. The van der Waals surface area contributed by atoms with Gasteiger partial charge in [-0.3, -0.25) is 4.79 Å². The molecular weight excluding hydrogens is 406 g/mol. The minimum absolute atomic E-state index is 0.175. The van der Waals surface area contributed by atoms with Crippen LogP contribution in [0.5, 0.6) is 17.2 Å². The Balaban J connectivity index is 1.62. The lowest BCUT2D eigenvalue weighted by molar-refractivity contribution is -0.115. The molecule has 1 aliphatic heterocycles. The van der Waals surface area contributed by atoms with Gasteiger partial charge < -0.3 is 19.5 Å². The number of hydrogen-bond donors (Lipinski definition) is 1. The van der Waals surface area contributed by atoms with Crippen molar-refractivity contribution in [1.82, 2.24) is 5.32 Å². The Hall–Kier alpha value is -2.51. The molecule has 0 aliphatic carbocycles. The number of para-hydroxylation sites is 1. The van der Waals surface area contributed by atoms with Gasteiger partial charge in [-0.05, 0) is 42.8 Å². The van der Waals surface area contributed by atoms with Crippen molar-refractivity contribution in [3.05, 3.63) is 59.0 Å². The van der Waals surface area contributed by atoms with Gasteiger partial charge in [-0.15, -0.1) is 0 Å². The molecule has 0 bridgehead atoms. The van der Waals surface area contributed by atoms with E-state index in [4.69, 9.17) is 26.4 Å². The average Bonchev–Trinajstić information content (AvgIpc) is 3.03. The zero-order valence-electron chi connectivity index (χ0n) is 16.3. The van der Waals surface area contributed by atoms with Crippen molar-refractivity contribution in [2.45, 2.75) is 13.8 Å². The van der Waals surface area contributed by atoms with Crippen LogP contribution in [0.1, 0.15) is 19.4 Å². The van der Waals surface area contributed by atoms with Crippen LogP contribution in [-0.4, -0.2) is 30.0 Å². The summed E-state index contributed by atoms with van der Waals surface area (Å²) in [4.78, 5) is 12.4. The van der Waals surface area contributed by atoms with E-state index in [1.165, 1.54) is 11.8 Å². The summed E-state index contributed by atoms with van der Waals surface area (Å²) < 4.78 is 18.0. The zero-order valence-corrected chi connectivity index (χ0v) is 18.0. The number of carbonyl (C=O) groups excluding carboxylic acids is 1. The second-order valence-corrected chi connectivity index (χ2v) is 8.25. The molecule has 0 unspecified atom stereocenters. The number of carbonyl (C=O) groups is 1. The maximum Gasteiger partial charge on any atom is 0.263 e. The fourth-order valence-corrected chi connectivity index (χ4v) is 3.65. The third-order valence-corrected chi connectivity index (χ3v) is 5.17. The van der Waals surface area contributed by atoms with Crippen molar-refractivity contribution < 1.29 is 19.0 Å². The van der Waals surface area contributed by atoms with Gasteiger partial charge in [0.15, 0.2) is 11.5 Å². The van der Waals surface area contributed by atoms with Gasteiger partial charge in [-0.1, -0.05) is 55.2 Å². The Morgan fingerprint density at radius 2 is 1.83 bits per heavy atom.